The molecule has 6 nitrogen and oxygen atoms in total. The monoisotopic (exact) mass is 451 g/mol. The van der Waals surface area contributed by atoms with E-state index in [1.54, 1.807) is 42.5 Å². The maximum absolute atomic E-state index is 12.9. The maximum atomic E-state index is 12.9. The van der Waals surface area contributed by atoms with Gasteiger partial charge in [0.15, 0.2) is 17.2 Å². The van der Waals surface area contributed by atoms with Crippen molar-refractivity contribution in [1.82, 2.24) is 0 Å². The normalized spacial score (nSPS) is 12.7. The Morgan fingerprint density at radius 1 is 0.966 bits per heavy atom. The van der Waals surface area contributed by atoms with Gasteiger partial charge in [-0.25, -0.2) is 8.42 Å². The number of fused-ring (bicyclic) bond motifs is 1. The lowest BCUT2D eigenvalue weighted by Gasteiger charge is -2.15. The Labute approximate surface area is 178 Å². The molecule has 0 aliphatic carbocycles. The van der Waals surface area contributed by atoms with E-state index in [0.717, 1.165) is 0 Å². The second-order valence-corrected chi connectivity index (χ2v) is 8.64. The fourth-order valence-electron chi connectivity index (χ4n) is 2.98. The molecule has 29 heavy (non-hydrogen) atoms. The number of hydrogen-bond donors (Lipinski definition) is 1. The van der Waals surface area contributed by atoms with E-state index in [4.69, 9.17) is 37.4 Å². The summed E-state index contributed by atoms with van der Waals surface area (Å²) in [5, 5.41) is 0.592. The third kappa shape index (κ3) is 3.81. The van der Waals surface area contributed by atoms with Gasteiger partial charge >= 0.3 is 0 Å². The first kappa shape index (κ1) is 19.7. The molecular weight excluding hydrogens is 437 g/mol. The van der Waals surface area contributed by atoms with Crippen molar-refractivity contribution in [3.8, 4) is 28.4 Å². The first-order valence-electron chi connectivity index (χ1n) is 8.44. The van der Waals surface area contributed by atoms with Gasteiger partial charge in [-0.1, -0.05) is 41.4 Å². The van der Waals surface area contributed by atoms with E-state index in [0.29, 0.717) is 44.1 Å². The topological polar surface area (TPSA) is 73.9 Å². The van der Waals surface area contributed by atoms with Crippen LogP contribution in [-0.2, 0) is 10.0 Å². The van der Waals surface area contributed by atoms with Gasteiger partial charge in [0.25, 0.3) is 10.0 Å². The number of ether oxygens (including phenoxy) is 3. The van der Waals surface area contributed by atoms with Crippen LogP contribution in [0.15, 0.2) is 59.5 Å². The molecule has 9 heteroatoms. The van der Waals surface area contributed by atoms with Crippen LogP contribution < -0.4 is 18.9 Å². The first-order valence-corrected chi connectivity index (χ1v) is 10.7. The number of benzene rings is 3. The summed E-state index contributed by atoms with van der Waals surface area (Å²) in [5.74, 6) is 1.26. The molecule has 0 spiro atoms. The number of rotatable bonds is 5. The lowest BCUT2D eigenvalue weighted by atomic mass is 10.0. The largest absolute Gasteiger partial charge is 0.494 e. The molecule has 3 aromatic rings. The van der Waals surface area contributed by atoms with E-state index in [1.807, 2.05) is 0 Å². The summed E-state index contributed by atoms with van der Waals surface area (Å²) >= 11 is 12.6. The van der Waals surface area contributed by atoms with E-state index in [1.165, 1.54) is 19.2 Å². The zero-order valence-electron chi connectivity index (χ0n) is 15.1. The molecule has 0 saturated heterocycles. The molecule has 3 aromatic carbocycles. The smallest absolute Gasteiger partial charge is 0.261 e. The quantitative estimate of drug-likeness (QED) is 0.576. The van der Waals surface area contributed by atoms with Gasteiger partial charge < -0.3 is 14.2 Å². The van der Waals surface area contributed by atoms with Crippen LogP contribution in [-0.4, -0.2) is 22.3 Å². The average Bonchev–Trinajstić information content (AvgIpc) is 3.15. The van der Waals surface area contributed by atoms with Crippen molar-refractivity contribution in [2.75, 3.05) is 18.6 Å². The molecule has 1 aliphatic heterocycles. The summed E-state index contributed by atoms with van der Waals surface area (Å²) in [6.45, 7) is 0.0494. The highest BCUT2D eigenvalue weighted by Crippen LogP contribution is 2.45. The number of hydrogen-bond acceptors (Lipinski definition) is 5. The van der Waals surface area contributed by atoms with Crippen LogP contribution in [0.1, 0.15) is 0 Å². The Bertz CT molecular complexity index is 1160. The number of methoxy groups -OCH3 is 1. The third-order valence-corrected chi connectivity index (χ3v) is 6.27. The molecule has 0 saturated carbocycles. The predicted octanol–water partition coefficient (Wildman–Crippen LogP) is 5.20. The molecule has 1 heterocycles. The van der Waals surface area contributed by atoms with Gasteiger partial charge in [0.1, 0.15) is 0 Å². The first-order chi connectivity index (χ1) is 13.9. The SMILES string of the molecule is COc1c(Cl)cc(-c2cc3c(cc2NS(=O)(=O)c2ccccc2)OCO3)cc1Cl. The molecule has 0 aromatic heterocycles. The zero-order chi connectivity index (χ0) is 20.6. The molecule has 0 bridgehead atoms. The summed E-state index contributed by atoms with van der Waals surface area (Å²) in [5.41, 5.74) is 1.42. The molecule has 0 atom stereocenters. The fraction of sp³-hybridized carbons (Fsp3) is 0.100. The summed E-state index contributed by atoms with van der Waals surface area (Å²) in [7, 11) is -2.37. The minimum absolute atomic E-state index is 0.0494. The lowest BCUT2D eigenvalue weighted by molar-refractivity contribution is 0.174. The third-order valence-electron chi connectivity index (χ3n) is 4.32. The highest BCUT2D eigenvalue weighted by molar-refractivity contribution is 7.92. The van der Waals surface area contributed by atoms with Gasteiger partial charge in [0.05, 0.1) is 27.7 Å². The Morgan fingerprint density at radius 3 is 2.21 bits per heavy atom. The van der Waals surface area contributed by atoms with E-state index in [2.05, 4.69) is 4.72 Å². The van der Waals surface area contributed by atoms with E-state index < -0.39 is 10.0 Å². The summed E-state index contributed by atoms with van der Waals surface area (Å²) < 4.78 is 44.4. The van der Waals surface area contributed by atoms with Crippen molar-refractivity contribution in [2.24, 2.45) is 0 Å². The van der Waals surface area contributed by atoms with Crippen molar-refractivity contribution < 1.29 is 22.6 Å². The highest BCUT2D eigenvalue weighted by Gasteiger charge is 2.23. The number of halogens is 2. The molecule has 1 N–H and O–H groups in total. The van der Waals surface area contributed by atoms with E-state index in [9.17, 15) is 8.42 Å². The summed E-state index contributed by atoms with van der Waals surface area (Å²) in [6.07, 6.45) is 0. The Morgan fingerprint density at radius 2 is 1.59 bits per heavy atom. The second kappa shape index (κ2) is 7.67. The number of sulfonamides is 1. The van der Waals surface area contributed by atoms with Crippen LogP contribution in [0.3, 0.4) is 0 Å². The molecule has 150 valence electrons. The van der Waals surface area contributed by atoms with E-state index in [-0.39, 0.29) is 11.7 Å². The lowest BCUT2D eigenvalue weighted by Crippen LogP contribution is -2.13. The Hall–Kier alpha value is -2.61. The molecule has 0 fully saturated rings. The van der Waals surface area contributed by atoms with Gasteiger partial charge in [-0.3, -0.25) is 4.72 Å². The van der Waals surface area contributed by atoms with E-state index >= 15 is 0 Å². The van der Waals surface area contributed by atoms with Gasteiger partial charge in [-0.2, -0.15) is 0 Å². The standard InChI is InChI=1S/C20H15Cl2NO5S/c1-26-20-15(21)7-12(8-16(20)22)14-9-18-19(28-11-27-18)10-17(14)23-29(24,25)13-5-3-2-4-6-13/h2-10,23H,11H2,1H3. The zero-order valence-corrected chi connectivity index (χ0v) is 17.4. The van der Waals surface area contributed by atoms with Crippen LogP contribution in [0.4, 0.5) is 5.69 Å². The van der Waals surface area contributed by atoms with Crippen molar-refractivity contribution in [1.29, 1.82) is 0 Å². The minimum Gasteiger partial charge on any atom is -0.494 e. The van der Waals surface area contributed by atoms with Crippen LogP contribution in [0, 0.1) is 0 Å². The van der Waals surface area contributed by atoms with Gasteiger partial charge in [0, 0.05) is 11.6 Å². The molecule has 0 radical (unpaired) electrons. The Balaban J connectivity index is 1.85. The van der Waals surface area contributed by atoms with Crippen molar-refractivity contribution in [3.63, 3.8) is 0 Å². The molecule has 1 aliphatic rings. The predicted molar refractivity (Wildman–Crippen MR) is 112 cm³/mol. The summed E-state index contributed by atoms with van der Waals surface area (Å²) in [4.78, 5) is 0.134. The van der Waals surface area contributed by atoms with Crippen molar-refractivity contribution in [3.05, 3.63) is 64.6 Å². The molecular formula is C20H15Cl2NO5S. The Kier molecular flexibility index (Phi) is 5.21. The van der Waals surface area contributed by atoms with Crippen molar-refractivity contribution >= 4 is 38.9 Å². The van der Waals surface area contributed by atoms with Crippen molar-refractivity contribution in [2.45, 2.75) is 4.90 Å². The van der Waals surface area contributed by atoms with Gasteiger partial charge in [-0.15, -0.1) is 0 Å². The maximum Gasteiger partial charge on any atom is 0.261 e. The molecule has 0 amide bonds. The highest BCUT2D eigenvalue weighted by atomic mass is 35.5. The fourth-order valence-corrected chi connectivity index (χ4v) is 4.71. The van der Waals surface area contributed by atoms with Crippen LogP contribution >= 0.6 is 23.2 Å². The summed E-state index contributed by atoms with van der Waals surface area (Å²) in [6, 6.07) is 14.6. The average molecular weight is 452 g/mol. The van der Waals surface area contributed by atoms with Gasteiger partial charge in [-0.05, 0) is 35.9 Å². The second-order valence-electron chi connectivity index (χ2n) is 6.14. The number of anilines is 1. The van der Waals surface area contributed by atoms with Crippen LogP contribution in [0.2, 0.25) is 10.0 Å². The molecule has 0 unspecified atom stereocenters. The number of nitrogens with one attached hydrogen (secondary N) is 1. The minimum atomic E-state index is -3.83. The van der Waals surface area contributed by atoms with Crippen LogP contribution in [0.25, 0.3) is 11.1 Å². The van der Waals surface area contributed by atoms with Crippen LogP contribution in [0.5, 0.6) is 17.2 Å². The molecule has 4 rings (SSSR count). The van der Waals surface area contributed by atoms with Gasteiger partial charge in [0.2, 0.25) is 6.79 Å².